The molecule has 2 N–H and O–H groups in total. The minimum Gasteiger partial charge on any atom is -0.417 e. The Morgan fingerprint density at radius 3 is 2.75 bits per heavy atom. The van der Waals surface area contributed by atoms with Crippen molar-refractivity contribution in [1.29, 1.82) is 0 Å². The first-order valence-electron chi connectivity index (χ1n) is 7.00. The fraction of sp³-hybridized carbons (Fsp3) is 0.308. The predicted octanol–water partition coefficient (Wildman–Crippen LogP) is 2.34. The molecule has 4 rings (SSSR count). The first kappa shape index (κ1) is 14.6. The van der Waals surface area contributed by atoms with Crippen molar-refractivity contribution in [1.82, 2.24) is 29.9 Å². The van der Waals surface area contributed by atoms with E-state index in [-0.39, 0.29) is 23.6 Å². The summed E-state index contributed by atoms with van der Waals surface area (Å²) in [6.07, 6.45) is -0.768. The number of nitrogens with zero attached hydrogens (tertiary/aromatic N) is 6. The summed E-state index contributed by atoms with van der Waals surface area (Å²) in [6.45, 7) is 0. The number of ether oxygens (including phenoxy) is 1. The molecule has 0 aromatic carbocycles. The molecule has 3 heterocycles. The van der Waals surface area contributed by atoms with E-state index < -0.39 is 11.7 Å². The van der Waals surface area contributed by atoms with Crippen molar-refractivity contribution < 1.29 is 17.9 Å². The molecular weight excluding hydrogens is 327 g/mol. The summed E-state index contributed by atoms with van der Waals surface area (Å²) in [7, 11) is 0. The number of hydrogen-bond donors (Lipinski definition) is 1. The standard InChI is InChI=1S/C13H10F3N7O/c14-13(15,16)6-3-8(21-20-4-6)24-12-9-10(17)18-5-19-11(9)23(22-12)7-1-2-7/h3-5,7H,1-2H2,(H2,17,18,19). The van der Waals surface area contributed by atoms with Gasteiger partial charge in [0.25, 0.3) is 5.88 Å². The van der Waals surface area contributed by atoms with Crippen LogP contribution in [0.4, 0.5) is 19.0 Å². The zero-order chi connectivity index (χ0) is 16.9. The maximum absolute atomic E-state index is 12.8. The van der Waals surface area contributed by atoms with Gasteiger partial charge in [0.2, 0.25) is 5.88 Å². The summed E-state index contributed by atoms with van der Waals surface area (Å²) in [6, 6.07) is 0.918. The van der Waals surface area contributed by atoms with Gasteiger partial charge in [-0.3, -0.25) is 0 Å². The summed E-state index contributed by atoms with van der Waals surface area (Å²) >= 11 is 0. The second-order valence-corrected chi connectivity index (χ2v) is 5.32. The van der Waals surface area contributed by atoms with E-state index in [0.29, 0.717) is 17.2 Å². The Balaban J connectivity index is 1.78. The third-order valence-corrected chi connectivity index (χ3v) is 3.54. The lowest BCUT2D eigenvalue weighted by molar-refractivity contribution is -0.138. The Morgan fingerprint density at radius 2 is 2.04 bits per heavy atom. The number of alkyl halides is 3. The molecule has 0 unspecified atom stereocenters. The van der Waals surface area contributed by atoms with E-state index in [1.807, 2.05) is 0 Å². The molecular formula is C13H10F3N7O. The van der Waals surface area contributed by atoms with E-state index in [2.05, 4.69) is 25.3 Å². The van der Waals surface area contributed by atoms with Crippen LogP contribution in [-0.2, 0) is 6.18 Å². The molecule has 0 saturated heterocycles. The largest absolute Gasteiger partial charge is 0.418 e. The highest BCUT2D eigenvalue weighted by Crippen LogP contribution is 2.40. The van der Waals surface area contributed by atoms with Gasteiger partial charge in [-0.15, -0.1) is 10.2 Å². The summed E-state index contributed by atoms with van der Waals surface area (Å²) in [5, 5.41) is 11.5. The lowest BCUT2D eigenvalue weighted by Crippen LogP contribution is -2.06. The quantitative estimate of drug-likeness (QED) is 0.782. The Labute approximate surface area is 132 Å². The molecule has 1 aliphatic rings. The van der Waals surface area contributed by atoms with Gasteiger partial charge in [-0.2, -0.15) is 18.3 Å². The number of fused-ring (bicyclic) bond motifs is 1. The number of aromatic nitrogens is 6. The maximum atomic E-state index is 12.8. The summed E-state index contributed by atoms with van der Waals surface area (Å²) in [4.78, 5) is 8.01. The van der Waals surface area contributed by atoms with Crippen LogP contribution < -0.4 is 10.5 Å². The zero-order valence-corrected chi connectivity index (χ0v) is 12.0. The van der Waals surface area contributed by atoms with Crippen LogP contribution in [0.1, 0.15) is 24.4 Å². The number of nitrogen functional groups attached to an aromatic ring is 1. The van der Waals surface area contributed by atoms with Gasteiger partial charge in [-0.25, -0.2) is 14.6 Å². The van der Waals surface area contributed by atoms with Crippen LogP contribution in [0.3, 0.4) is 0 Å². The van der Waals surface area contributed by atoms with Crippen molar-refractivity contribution in [3.05, 3.63) is 24.2 Å². The highest BCUT2D eigenvalue weighted by atomic mass is 19.4. The maximum Gasteiger partial charge on any atom is 0.418 e. The molecule has 0 aliphatic heterocycles. The molecule has 0 radical (unpaired) electrons. The molecule has 0 spiro atoms. The second kappa shape index (κ2) is 5.01. The van der Waals surface area contributed by atoms with Crippen LogP contribution in [0.25, 0.3) is 11.0 Å². The van der Waals surface area contributed by atoms with E-state index in [1.165, 1.54) is 6.33 Å². The Bertz CT molecular complexity index is 920. The summed E-state index contributed by atoms with van der Waals surface area (Å²) in [5.74, 6) is -0.208. The molecule has 1 saturated carbocycles. The molecule has 3 aromatic rings. The Hall–Kier alpha value is -2.98. The molecule has 8 nitrogen and oxygen atoms in total. The van der Waals surface area contributed by atoms with Crippen molar-refractivity contribution in [2.24, 2.45) is 0 Å². The van der Waals surface area contributed by atoms with E-state index >= 15 is 0 Å². The predicted molar refractivity (Wildman–Crippen MR) is 75.1 cm³/mol. The van der Waals surface area contributed by atoms with Gasteiger partial charge < -0.3 is 10.5 Å². The number of hydrogen-bond acceptors (Lipinski definition) is 7. The lowest BCUT2D eigenvalue weighted by atomic mass is 10.3. The average molecular weight is 337 g/mol. The van der Waals surface area contributed by atoms with E-state index in [4.69, 9.17) is 10.5 Å². The summed E-state index contributed by atoms with van der Waals surface area (Å²) in [5.41, 5.74) is 5.35. The van der Waals surface area contributed by atoms with Crippen molar-refractivity contribution in [3.63, 3.8) is 0 Å². The van der Waals surface area contributed by atoms with Crippen LogP contribution in [0.15, 0.2) is 18.6 Å². The first-order valence-corrected chi connectivity index (χ1v) is 7.00. The van der Waals surface area contributed by atoms with Gasteiger partial charge in [0.15, 0.2) is 5.65 Å². The normalized spacial score (nSPS) is 15.0. The first-order chi connectivity index (χ1) is 11.4. The molecule has 3 aromatic heterocycles. The highest BCUT2D eigenvalue weighted by Gasteiger charge is 2.33. The van der Waals surface area contributed by atoms with Gasteiger partial charge in [-0.05, 0) is 12.8 Å². The molecule has 0 bridgehead atoms. The van der Waals surface area contributed by atoms with Crippen molar-refractivity contribution >= 4 is 16.9 Å². The van der Waals surface area contributed by atoms with Crippen molar-refractivity contribution in [2.75, 3.05) is 5.73 Å². The molecule has 1 aliphatic carbocycles. The lowest BCUT2D eigenvalue weighted by Gasteiger charge is -2.07. The monoisotopic (exact) mass is 337 g/mol. The van der Waals surface area contributed by atoms with Crippen LogP contribution in [0, 0.1) is 0 Å². The molecule has 0 atom stereocenters. The van der Waals surface area contributed by atoms with Gasteiger partial charge in [0, 0.05) is 6.07 Å². The number of nitrogens with two attached hydrogens (primary N) is 1. The zero-order valence-electron chi connectivity index (χ0n) is 12.0. The number of anilines is 1. The van der Waals surface area contributed by atoms with E-state index in [0.717, 1.165) is 18.9 Å². The minimum atomic E-state index is -4.55. The molecule has 124 valence electrons. The van der Waals surface area contributed by atoms with Crippen LogP contribution in [-0.4, -0.2) is 29.9 Å². The van der Waals surface area contributed by atoms with E-state index in [1.54, 1.807) is 4.68 Å². The topological polar surface area (TPSA) is 105 Å². The van der Waals surface area contributed by atoms with Crippen LogP contribution in [0.5, 0.6) is 11.8 Å². The van der Waals surface area contributed by atoms with Crippen molar-refractivity contribution in [2.45, 2.75) is 25.1 Å². The van der Waals surface area contributed by atoms with Gasteiger partial charge in [-0.1, -0.05) is 0 Å². The SMILES string of the molecule is Nc1ncnc2c1c(Oc1cc(C(F)(F)F)cnn1)nn2C1CC1. The minimum absolute atomic E-state index is 0.00336. The number of rotatable bonds is 3. The van der Waals surface area contributed by atoms with Gasteiger partial charge in [0.05, 0.1) is 17.8 Å². The molecule has 0 amide bonds. The highest BCUT2D eigenvalue weighted by molar-refractivity contribution is 5.90. The molecule has 24 heavy (non-hydrogen) atoms. The van der Waals surface area contributed by atoms with E-state index in [9.17, 15) is 13.2 Å². The summed E-state index contributed by atoms with van der Waals surface area (Å²) < 4.78 is 45.3. The molecule has 1 fully saturated rings. The molecule has 11 heteroatoms. The van der Waals surface area contributed by atoms with Crippen LogP contribution >= 0.6 is 0 Å². The van der Waals surface area contributed by atoms with Gasteiger partial charge in [0.1, 0.15) is 17.5 Å². The second-order valence-electron chi connectivity index (χ2n) is 5.32. The Kier molecular flexibility index (Phi) is 3.05. The fourth-order valence-electron chi connectivity index (χ4n) is 2.26. The smallest absolute Gasteiger partial charge is 0.417 e. The van der Waals surface area contributed by atoms with Gasteiger partial charge >= 0.3 is 6.18 Å². The fourth-order valence-corrected chi connectivity index (χ4v) is 2.26. The van der Waals surface area contributed by atoms with Crippen molar-refractivity contribution in [3.8, 4) is 11.8 Å². The average Bonchev–Trinajstić information content (AvgIpc) is 3.30. The van der Waals surface area contributed by atoms with Crippen LogP contribution in [0.2, 0.25) is 0 Å². The third kappa shape index (κ3) is 2.47. The Morgan fingerprint density at radius 1 is 1.25 bits per heavy atom. The third-order valence-electron chi connectivity index (χ3n) is 3.54. The number of halogens is 3.